The van der Waals surface area contributed by atoms with E-state index in [1.807, 2.05) is 0 Å². The van der Waals surface area contributed by atoms with Gasteiger partial charge in [-0.25, -0.2) is 0 Å². The molecule has 5 heteroatoms. The van der Waals surface area contributed by atoms with Gasteiger partial charge in [0, 0.05) is 20.8 Å². The highest BCUT2D eigenvalue weighted by molar-refractivity contribution is 4.40. The van der Waals surface area contributed by atoms with Gasteiger partial charge in [0.1, 0.15) is 0 Å². The average Bonchev–Trinajstić information content (AvgIpc) is 1.84. The van der Waals surface area contributed by atoms with Crippen LogP contribution in [-0.2, 0) is 0 Å². The fourth-order valence-corrected chi connectivity index (χ4v) is 0.937. The Bertz CT molecular complexity index is 103. The molecule has 0 aromatic rings. The van der Waals surface area contributed by atoms with E-state index in [1.54, 1.807) is 27.8 Å². The van der Waals surface area contributed by atoms with Gasteiger partial charge in [0.25, 0.3) is 0 Å². The van der Waals surface area contributed by atoms with Crippen molar-refractivity contribution in [2.24, 2.45) is 0 Å². The minimum absolute atomic E-state index is 0. The van der Waals surface area contributed by atoms with Crippen molar-refractivity contribution < 1.29 is 25.3 Å². The molecule has 0 aromatic carbocycles. The third kappa shape index (κ3) is 2.40. The van der Waals surface area contributed by atoms with Crippen LogP contribution in [0.4, 0.5) is 0 Å². The molecule has 0 fully saturated rings. The SMILES string of the molecule is CC(O)[N+](C)(C(C)O)C(C)O.[OH-]. The first-order chi connectivity index (χ1) is 4.83. The Hall–Kier alpha value is -0.200. The third-order valence-corrected chi connectivity index (χ3v) is 2.42. The molecule has 0 aliphatic carbocycles. The van der Waals surface area contributed by atoms with Gasteiger partial charge in [0.2, 0.25) is 0 Å². The van der Waals surface area contributed by atoms with Crippen molar-refractivity contribution in [2.75, 3.05) is 7.05 Å². The van der Waals surface area contributed by atoms with Gasteiger partial charge < -0.3 is 20.8 Å². The van der Waals surface area contributed by atoms with Gasteiger partial charge in [-0.05, 0) is 0 Å². The van der Waals surface area contributed by atoms with Crippen LogP contribution in [0.2, 0.25) is 0 Å². The molecule has 4 N–H and O–H groups in total. The molecule has 0 aromatic heterocycles. The minimum Gasteiger partial charge on any atom is -0.870 e. The summed E-state index contributed by atoms with van der Waals surface area (Å²) in [4.78, 5) is 0. The molecule has 76 valence electrons. The summed E-state index contributed by atoms with van der Waals surface area (Å²) in [6.07, 6.45) is -2.35. The molecule has 0 aliphatic heterocycles. The fourth-order valence-electron chi connectivity index (χ4n) is 0.937. The van der Waals surface area contributed by atoms with E-state index >= 15 is 0 Å². The first-order valence-corrected chi connectivity index (χ1v) is 3.73. The molecule has 0 radical (unpaired) electrons. The zero-order chi connectivity index (χ0) is 9.23. The molecule has 0 bridgehead atoms. The van der Waals surface area contributed by atoms with Crippen molar-refractivity contribution in [3.8, 4) is 0 Å². The van der Waals surface area contributed by atoms with E-state index in [2.05, 4.69) is 0 Å². The Balaban J connectivity index is 0. The van der Waals surface area contributed by atoms with Gasteiger partial charge >= 0.3 is 0 Å². The highest BCUT2D eigenvalue weighted by atomic mass is 16.4. The predicted octanol–water partition coefficient (Wildman–Crippen LogP) is -0.729. The van der Waals surface area contributed by atoms with E-state index in [-0.39, 0.29) is 9.96 Å². The lowest BCUT2D eigenvalue weighted by atomic mass is 10.3. The molecule has 12 heavy (non-hydrogen) atoms. The number of rotatable bonds is 3. The monoisotopic (exact) mass is 181 g/mol. The maximum Gasteiger partial charge on any atom is 0.191 e. The van der Waals surface area contributed by atoms with Crippen molar-refractivity contribution in [2.45, 2.75) is 39.5 Å². The summed E-state index contributed by atoms with van der Waals surface area (Å²) in [5.41, 5.74) is 0. The lowest BCUT2D eigenvalue weighted by molar-refractivity contribution is -1.03. The van der Waals surface area contributed by atoms with E-state index < -0.39 is 18.7 Å². The minimum atomic E-state index is -0.782. The molecular formula is C7H19NO4. The number of hydrogen-bond acceptors (Lipinski definition) is 4. The lowest BCUT2D eigenvalue weighted by Gasteiger charge is -2.41. The van der Waals surface area contributed by atoms with Gasteiger partial charge in [0.15, 0.2) is 18.7 Å². The fraction of sp³-hybridized carbons (Fsp3) is 1.00. The zero-order valence-corrected chi connectivity index (χ0v) is 7.97. The lowest BCUT2D eigenvalue weighted by Crippen LogP contribution is -2.61. The van der Waals surface area contributed by atoms with E-state index in [9.17, 15) is 15.3 Å². The molecule has 0 amide bonds. The van der Waals surface area contributed by atoms with E-state index in [0.29, 0.717) is 0 Å². The van der Waals surface area contributed by atoms with Gasteiger partial charge in [-0.2, -0.15) is 0 Å². The molecule has 3 atom stereocenters. The maximum absolute atomic E-state index is 9.26. The van der Waals surface area contributed by atoms with Crippen LogP contribution >= 0.6 is 0 Å². The highest BCUT2D eigenvalue weighted by Crippen LogP contribution is 2.16. The van der Waals surface area contributed by atoms with Crippen LogP contribution in [0, 0.1) is 0 Å². The molecule has 0 saturated heterocycles. The van der Waals surface area contributed by atoms with Crippen LogP contribution in [-0.4, -0.2) is 51.0 Å². The Morgan fingerprint density at radius 2 is 1.00 bits per heavy atom. The molecule has 5 nitrogen and oxygen atoms in total. The first-order valence-electron chi connectivity index (χ1n) is 3.73. The van der Waals surface area contributed by atoms with Crippen molar-refractivity contribution in [1.82, 2.24) is 0 Å². The molecular weight excluding hydrogens is 162 g/mol. The van der Waals surface area contributed by atoms with Gasteiger partial charge in [-0.3, -0.25) is 4.48 Å². The molecule has 0 saturated carbocycles. The number of nitrogens with zero attached hydrogens (tertiary/aromatic N) is 1. The molecule has 0 heterocycles. The average molecular weight is 181 g/mol. The summed E-state index contributed by atoms with van der Waals surface area (Å²) in [7, 11) is 1.60. The normalized spacial score (nSPS) is 23.2. The summed E-state index contributed by atoms with van der Waals surface area (Å²) in [5.74, 6) is 0. The van der Waals surface area contributed by atoms with E-state index in [4.69, 9.17) is 0 Å². The van der Waals surface area contributed by atoms with Crippen LogP contribution in [0.3, 0.4) is 0 Å². The topological polar surface area (TPSA) is 90.7 Å². The van der Waals surface area contributed by atoms with Gasteiger partial charge in [-0.1, -0.05) is 0 Å². The summed E-state index contributed by atoms with van der Waals surface area (Å²) >= 11 is 0. The largest absolute Gasteiger partial charge is 0.870 e. The van der Waals surface area contributed by atoms with Crippen molar-refractivity contribution >= 4 is 0 Å². The van der Waals surface area contributed by atoms with Crippen molar-refractivity contribution in [1.29, 1.82) is 0 Å². The van der Waals surface area contributed by atoms with Crippen LogP contribution < -0.4 is 0 Å². The van der Waals surface area contributed by atoms with Crippen LogP contribution in [0.1, 0.15) is 20.8 Å². The Morgan fingerprint density at radius 3 is 1.00 bits per heavy atom. The smallest absolute Gasteiger partial charge is 0.191 e. The molecule has 0 spiro atoms. The van der Waals surface area contributed by atoms with Gasteiger partial charge in [0.05, 0.1) is 7.05 Å². The van der Waals surface area contributed by atoms with Crippen LogP contribution in [0.15, 0.2) is 0 Å². The standard InChI is InChI=1S/C7H18NO3.H2O/c1-5(9)8(4,6(2)10)7(3)11;/h5-7,9-11H,1-4H3;1H2/q+1;/p-1. The van der Waals surface area contributed by atoms with E-state index in [1.165, 1.54) is 0 Å². The molecule has 3 unspecified atom stereocenters. The Labute approximate surface area is 72.8 Å². The molecule has 0 aliphatic rings. The molecule has 0 rings (SSSR count). The number of quaternary nitrogens is 1. The maximum atomic E-state index is 9.26. The number of aliphatic hydroxyl groups excluding tert-OH is 3. The first kappa shape index (κ1) is 14.3. The second-order valence-electron chi connectivity index (χ2n) is 3.12. The second-order valence-corrected chi connectivity index (χ2v) is 3.12. The number of aliphatic hydroxyl groups is 3. The Kier molecular flexibility index (Phi) is 5.66. The zero-order valence-electron chi connectivity index (χ0n) is 7.97. The summed E-state index contributed by atoms with van der Waals surface area (Å²) in [6.45, 7) is 4.62. The number of hydrogen-bond donors (Lipinski definition) is 3. The summed E-state index contributed by atoms with van der Waals surface area (Å²) in [6, 6.07) is 0. The van der Waals surface area contributed by atoms with Crippen LogP contribution in [0.25, 0.3) is 0 Å². The summed E-state index contributed by atoms with van der Waals surface area (Å²) < 4.78 is -0.167. The quantitative estimate of drug-likeness (QED) is 0.395. The summed E-state index contributed by atoms with van der Waals surface area (Å²) in [5, 5.41) is 27.8. The second kappa shape index (κ2) is 4.74. The third-order valence-electron chi connectivity index (χ3n) is 2.42. The highest BCUT2D eigenvalue weighted by Gasteiger charge is 2.37. The predicted molar refractivity (Wildman–Crippen MR) is 43.2 cm³/mol. The van der Waals surface area contributed by atoms with E-state index in [0.717, 1.165) is 0 Å². The van der Waals surface area contributed by atoms with Crippen molar-refractivity contribution in [3.05, 3.63) is 0 Å². The van der Waals surface area contributed by atoms with Crippen molar-refractivity contribution in [3.63, 3.8) is 0 Å². The van der Waals surface area contributed by atoms with Gasteiger partial charge in [-0.15, -0.1) is 0 Å². The Morgan fingerprint density at radius 1 is 0.833 bits per heavy atom. The van der Waals surface area contributed by atoms with Crippen LogP contribution in [0.5, 0.6) is 0 Å².